The van der Waals surface area contributed by atoms with E-state index in [0.717, 1.165) is 6.61 Å². The van der Waals surface area contributed by atoms with Crippen LogP contribution < -0.4 is 0 Å². The van der Waals surface area contributed by atoms with Gasteiger partial charge in [0, 0.05) is 6.61 Å². The molecule has 0 saturated heterocycles. The van der Waals surface area contributed by atoms with Crippen LogP contribution in [0.1, 0.15) is 27.7 Å². The molecule has 0 fully saturated rings. The highest BCUT2D eigenvalue weighted by Gasteiger charge is 2.36. The Morgan fingerprint density at radius 3 is 1.58 bits per heavy atom. The van der Waals surface area contributed by atoms with Crippen molar-refractivity contribution in [2.45, 2.75) is 45.8 Å². The van der Waals surface area contributed by atoms with Crippen LogP contribution in [-0.2, 0) is 4.43 Å². The number of hydrogen-bond acceptors (Lipinski definition) is 1. The normalized spacial score (nSPS) is 11.7. The van der Waals surface area contributed by atoms with Gasteiger partial charge < -0.3 is 4.43 Å². The minimum absolute atomic E-state index is 0.364. The molecule has 0 aliphatic heterocycles. The lowest BCUT2D eigenvalue weighted by Crippen LogP contribution is -2.40. The van der Waals surface area contributed by atoms with E-state index in [4.69, 9.17) is 4.43 Å². The van der Waals surface area contributed by atoms with E-state index in [1.807, 2.05) is 0 Å². The highest BCUT2D eigenvalue weighted by Crippen LogP contribution is 2.36. The Hall–Kier alpha value is -0.263. The summed E-state index contributed by atoms with van der Waals surface area (Å²) in [6.45, 7) is 14.3. The van der Waals surface area contributed by atoms with Crippen molar-refractivity contribution in [3.63, 3.8) is 0 Å². The quantitative estimate of drug-likeness (QED) is 0.475. The van der Waals surface area contributed by atoms with E-state index in [1.54, 1.807) is 0 Å². The maximum atomic E-state index is 5.73. The third kappa shape index (κ3) is 4.58. The lowest BCUT2D eigenvalue weighted by atomic mass is 10.2. The summed E-state index contributed by atoms with van der Waals surface area (Å²) in [5, 5.41) is 0.364. The smallest absolute Gasteiger partial charge is 0.191 e. The maximum absolute atomic E-state index is 5.73. The van der Waals surface area contributed by atoms with E-state index >= 15 is 0 Å². The van der Waals surface area contributed by atoms with Crippen LogP contribution in [0, 0.1) is 12.8 Å². The van der Waals surface area contributed by atoms with Gasteiger partial charge in [-0.25, -0.2) is 0 Å². The van der Waals surface area contributed by atoms with Crippen molar-refractivity contribution in [2.24, 2.45) is 0 Å². The van der Waals surface area contributed by atoms with Gasteiger partial charge in [0.15, 0.2) is 8.32 Å². The van der Waals surface area contributed by atoms with E-state index in [-0.39, 0.29) is 0 Å². The van der Waals surface area contributed by atoms with Crippen molar-refractivity contribution in [2.75, 3.05) is 6.61 Å². The van der Waals surface area contributed by atoms with Crippen molar-refractivity contribution in [3.8, 4) is 12.8 Å². The van der Waals surface area contributed by atoms with Gasteiger partial charge in [-0.2, -0.15) is 0 Å². The van der Waals surface area contributed by atoms with Gasteiger partial charge in [-0.3, -0.25) is 0 Å². The second-order valence-electron chi connectivity index (χ2n) is 4.19. The molecule has 0 unspecified atom stereocenters. The highest BCUT2D eigenvalue weighted by atomic mass is 28.4. The fourth-order valence-electron chi connectivity index (χ4n) is 0.577. The van der Waals surface area contributed by atoms with E-state index in [0.29, 0.717) is 5.04 Å². The van der Waals surface area contributed by atoms with Gasteiger partial charge in [0.1, 0.15) is 0 Å². The van der Waals surface area contributed by atoms with Gasteiger partial charge in [0.05, 0.1) is 0 Å². The Morgan fingerprint density at radius 1 is 1.17 bits per heavy atom. The van der Waals surface area contributed by atoms with E-state index in [1.165, 1.54) is 0 Å². The molecule has 0 rings (SSSR count). The summed E-state index contributed by atoms with van der Waals surface area (Å²) in [4.78, 5) is 0. The molecule has 72 valence electrons. The summed E-state index contributed by atoms with van der Waals surface area (Å²) < 4.78 is 5.73. The molecule has 0 saturated carbocycles. The fourth-order valence-corrected chi connectivity index (χ4v) is 1.73. The van der Waals surface area contributed by atoms with Crippen LogP contribution in [-0.4, -0.2) is 14.9 Å². The molecule has 0 aromatic heterocycles. The SMILES string of the molecule is C#C.CCO[Si](C)(C)C(C)(C)C. The van der Waals surface area contributed by atoms with Crippen molar-refractivity contribution in [1.82, 2.24) is 0 Å². The fraction of sp³-hybridized carbons (Fsp3) is 0.800. The van der Waals surface area contributed by atoms with Crippen LogP contribution in [0.3, 0.4) is 0 Å². The van der Waals surface area contributed by atoms with Crippen LogP contribution in [0.25, 0.3) is 0 Å². The van der Waals surface area contributed by atoms with E-state index < -0.39 is 8.32 Å². The van der Waals surface area contributed by atoms with Gasteiger partial charge in [-0.15, -0.1) is 12.8 Å². The minimum Gasteiger partial charge on any atom is -0.417 e. The number of rotatable bonds is 2. The molecule has 0 bridgehead atoms. The molecule has 0 aromatic carbocycles. The lowest BCUT2D eigenvalue weighted by molar-refractivity contribution is 0.308. The Labute approximate surface area is 78.6 Å². The molecule has 0 radical (unpaired) electrons. The molecule has 0 heterocycles. The number of hydrogen-bond donors (Lipinski definition) is 0. The van der Waals surface area contributed by atoms with Crippen molar-refractivity contribution >= 4 is 8.32 Å². The molecule has 12 heavy (non-hydrogen) atoms. The second-order valence-corrected chi connectivity index (χ2v) is 9.00. The summed E-state index contributed by atoms with van der Waals surface area (Å²) in [5.41, 5.74) is 0. The summed E-state index contributed by atoms with van der Waals surface area (Å²) >= 11 is 0. The van der Waals surface area contributed by atoms with Crippen LogP contribution in [0.5, 0.6) is 0 Å². The summed E-state index contributed by atoms with van der Waals surface area (Å²) in [7, 11) is -1.40. The Morgan fingerprint density at radius 2 is 1.50 bits per heavy atom. The van der Waals surface area contributed by atoms with Gasteiger partial charge >= 0.3 is 0 Å². The minimum atomic E-state index is -1.40. The van der Waals surface area contributed by atoms with Gasteiger partial charge in [-0.05, 0) is 25.1 Å². The second kappa shape index (κ2) is 5.39. The lowest BCUT2D eigenvalue weighted by Gasteiger charge is -2.35. The number of terminal acetylenes is 1. The summed E-state index contributed by atoms with van der Waals surface area (Å²) in [6, 6.07) is 0. The largest absolute Gasteiger partial charge is 0.417 e. The molecule has 0 amide bonds. The maximum Gasteiger partial charge on any atom is 0.191 e. The first kappa shape index (κ1) is 14.3. The Kier molecular flexibility index (Phi) is 6.42. The zero-order chi connectivity index (χ0) is 10.4. The van der Waals surface area contributed by atoms with Crippen molar-refractivity contribution < 1.29 is 4.43 Å². The monoisotopic (exact) mass is 186 g/mol. The molecular weight excluding hydrogens is 164 g/mol. The van der Waals surface area contributed by atoms with Crippen LogP contribution in [0.15, 0.2) is 0 Å². The average molecular weight is 186 g/mol. The molecule has 0 atom stereocenters. The van der Waals surface area contributed by atoms with E-state index in [9.17, 15) is 0 Å². The molecule has 0 aliphatic carbocycles. The third-order valence-corrected chi connectivity index (χ3v) is 6.93. The molecule has 0 N–H and O–H groups in total. The molecule has 0 aliphatic rings. The summed E-state index contributed by atoms with van der Waals surface area (Å²) in [5.74, 6) is 0. The third-order valence-electron chi connectivity index (χ3n) is 2.31. The Balaban J connectivity index is 0. The first-order chi connectivity index (χ1) is 5.31. The zero-order valence-corrected chi connectivity index (χ0v) is 10.3. The molecule has 0 aromatic rings. The zero-order valence-electron chi connectivity index (χ0n) is 9.27. The van der Waals surface area contributed by atoms with Crippen molar-refractivity contribution in [3.05, 3.63) is 0 Å². The van der Waals surface area contributed by atoms with Crippen LogP contribution in [0.2, 0.25) is 18.1 Å². The molecule has 2 heteroatoms. The van der Waals surface area contributed by atoms with E-state index in [2.05, 4.69) is 53.6 Å². The molecular formula is C10H22OSi. The Bertz CT molecular complexity index is 131. The van der Waals surface area contributed by atoms with Crippen molar-refractivity contribution in [1.29, 1.82) is 0 Å². The van der Waals surface area contributed by atoms with Gasteiger partial charge in [-0.1, -0.05) is 20.8 Å². The first-order valence-corrected chi connectivity index (χ1v) is 7.19. The van der Waals surface area contributed by atoms with Gasteiger partial charge in [0.25, 0.3) is 0 Å². The van der Waals surface area contributed by atoms with Crippen LogP contribution >= 0.6 is 0 Å². The van der Waals surface area contributed by atoms with Gasteiger partial charge in [0.2, 0.25) is 0 Å². The predicted octanol–water partition coefficient (Wildman–Crippen LogP) is 3.28. The molecule has 0 spiro atoms. The predicted molar refractivity (Wildman–Crippen MR) is 58.7 cm³/mol. The highest BCUT2D eigenvalue weighted by molar-refractivity contribution is 6.74. The first-order valence-electron chi connectivity index (χ1n) is 4.28. The molecule has 1 nitrogen and oxygen atoms in total. The van der Waals surface area contributed by atoms with Crippen LogP contribution in [0.4, 0.5) is 0 Å². The average Bonchev–Trinajstić information content (AvgIpc) is 1.89. The standard InChI is InChI=1S/C8H20OSi.C2H2/c1-7-9-10(5,6)8(2,3)4;1-2/h7H2,1-6H3;1-2H. The topological polar surface area (TPSA) is 9.23 Å². The summed E-state index contributed by atoms with van der Waals surface area (Å²) in [6.07, 6.45) is 8.00.